The zero-order chi connectivity index (χ0) is 11.0. The molecule has 0 saturated heterocycles. The Balaban J connectivity index is 0. The molecule has 8 nitrogen and oxygen atoms in total. The van der Waals surface area contributed by atoms with Gasteiger partial charge in [0.15, 0.2) is 5.96 Å². The first kappa shape index (κ1) is 13.7. The third kappa shape index (κ3) is 17.8. The number of rotatable bonds is 3. The molecule has 0 aliphatic heterocycles. The van der Waals surface area contributed by atoms with Crippen LogP contribution in [0, 0.1) is 5.41 Å². The molecule has 13 heavy (non-hydrogen) atoms. The van der Waals surface area contributed by atoms with Gasteiger partial charge >= 0.3 is 11.9 Å². The Bertz CT molecular complexity index is 201. The maximum Gasteiger partial charge on any atom is 0.321 e. The molecule has 0 aliphatic carbocycles. The van der Waals surface area contributed by atoms with Gasteiger partial charge < -0.3 is 27.4 Å². The SMILES string of the molecule is N=C(N)N.NC(CC(=O)O)C(=O)O. The van der Waals surface area contributed by atoms with E-state index in [0.29, 0.717) is 0 Å². The molecule has 0 rings (SSSR count). The molecule has 0 aromatic rings. The first-order chi connectivity index (χ1) is 5.77. The van der Waals surface area contributed by atoms with E-state index in [1.165, 1.54) is 0 Å². The highest BCUT2D eigenvalue weighted by molar-refractivity contribution is 5.80. The van der Waals surface area contributed by atoms with Crippen LogP contribution in [0.3, 0.4) is 0 Å². The Morgan fingerprint density at radius 2 is 1.62 bits per heavy atom. The van der Waals surface area contributed by atoms with Crippen LogP contribution in [-0.4, -0.2) is 34.2 Å². The van der Waals surface area contributed by atoms with E-state index in [-0.39, 0.29) is 5.96 Å². The predicted octanol–water partition coefficient (Wildman–Crippen LogP) is -2.29. The number of guanidine groups is 1. The lowest BCUT2D eigenvalue weighted by molar-refractivity contribution is -0.144. The minimum Gasteiger partial charge on any atom is -0.481 e. The Hall–Kier alpha value is -1.83. The number of carboxylic acid groups (broad SMARTS) is 2. The lowest BCUT2D eigenvalue weighted by Gasteiger charge is -1.99. The number of aliphatic carboxylic acids is 2. The van der Waals surface area contributed by atoms with Crippen LogP contribution in [0.25, 0.3) is 0 Å². The first-order valence-electron chi connectivity index (χ1n) is 3.07. The second kappa shape index (κ2) is 6.85. The monoisotopic (exact) mass is 192 g/mol. The van der Waals surface area contributed by atoms with E-state index < -0.39 is 24.4 Å². The number of hydrogen-bond donors (Lipinski definition) is 6. The minimum atomic E-state index is -1.29. The van der Waals surface area contributed by atoms with Gasteiger partial charge in [0.2, 0.25) is 0 Å². The molecule has 76 valence electrons. The van der Waals surface area contributed by atoms with Crippen molar-refractivity contribution in [2.45, 2.75) is 12.5 Å². The minimum absolute atomic E-state index is 0.333. The van der Waals surface area contributed by atoms with E-state index >= 15 is 0 Å². The molecule has 0 amide bonds. The van der Waals surface area contributed by atoms with E-state index in [1.54, 1.807) is 0 Å². The van der Waals surface area contributed by atoms with Gasteiger partial charge in [-0.2, -0.15) is 0 Å². The zero-order valence-electron chi connectivity index (χ0n) is 6.73. The van der Waals surface area contributed by atoms with Crippen molar-refractivity contribution in [1.29, 1.82) is 5.41 Å². The Labute approximate surface area is 73.8 Å². The Morgan fingerprint density at radius 1 is 1.31 bits per heavy atom. The van der Waals surface area contributed by atoms with Crippen molar-refractivity contribution in [3.63, 3.8) is 0 Å². The second-order valence-corrected chi connectivity index (χ2v) is 2.00. The van der Waals surface area contributed by atoms with Crippen molar-refractivity contribution in [1.82, 2.24) is 0 Å². The van der Waals surface area contributed by atoms with Gasteiger partial charge in [0.1, 0.15) is 6.04 Å². The fourth-order valence-electron chi connectivity index (χ4n) is 0.275. The molecule has 0 aliphatic rings. The van der Waals surface area contributed by atoms with Gasteiger partial charge in [0.05, 0.1) is 6.42 Å². The maximum absolute atomic E-state index is 9.85. The molecule has 0 bridgehead atoms. The largest absolute Gasteiger partial charge is 0.481 e. The topological polar surface area (TPSA) is 177 Å². The van der Waals surface area contributed by atoms with E-state index in [9.17, 15) is 9.59 Å². The van der Waals surface area contributed by atoms with Gasteiger partial charge in [-0.1, -0.05) is 0 Å². The second-order valence-electron chi connectivity index (χ2n) is 2.00. The van der Waals surface area contributed by atoms with Gasteiger partial charge in [-0.15, -0.1) is 0 Å². The summed E-state index contributed by atoms with van der Waals surface area (Å²) in [6.07, 6.45) is -0.532. The number of hydrogen-bond acceptors (Lipinski definition) is 4. The van der Waals surface area contributed by atoms with Crippen LogP contribution in [-0.2, 0) is 9.59 Å². The van der Waals surface area contributed by atoms with Crippen LogP contribution in [0.15, 0.2) is 0 Å². The summed E-state index contributed by atoms with van der Waals surface area (Å²) in [6.45, 7) is 0. The van der Waals surface area contributed by atoms with Crippen LogP contribution in [0.4, 0.5) is 0 Å². The molecule has 0 fully saturated rings. The maximum atomic E-state index is 9.85. The standard InChI is InChI=1S/C4H7NO4.CH5N3/c5-2(4(8)9)1-3(6)7;2-1(3)4/h2H,1,5H2,(H,6,7)(H,8,9);(H5,2,3,4). The number of nitrogens with two attached hydrogens (primary N) is 3. The fraction of sp³-hybridized carbons (Fsp3) is 0.400. The lowest BCUT2D eigenvalue weighted by atomic mass is 10.2. The van der Waals surface area contributed by atoms with E-state index in [0.717, 1.165) is 0 Å². The first-order valence-corrected chi connectivity index (χ1v) is 3.07. The quantitative estimate of drug-likeness (QED) is 0.215. The third-order valence-electron chi connectivity index (χ3n) is 0.712. The van der Waals surface area contributed by atoms with E-state index in [1.807, 2.05) is 0 Å². The molecule has 9 N–H and O–H groups in total. The van der Waals surface area contributed by atoms with Crippen molar-refractivity contribution in [2.75, 3.05) is 0 Å². The van der Waals surface area contributed by atoms with Crippen molar-refractivity contribution in [3.8, 4) is 0 Å². The molecule has 0 radical (unpaired) electrons. The van der Waals surface area contributed by atoms with Crippen LogP contribution >= 0.6 is 0 Å². The van der Waals surface area contributed by atoms with E-state index in [4.69, 9.17) is 21.4 Å². The highest BCUT2D eigenvalue weighted by Crippen LogP contribution is 1.86. The Kier molecular flexibility index (Phi) is 7.24. The summed E-state index contributed by atoms with van der Waals surface area (Å²) in [7, 11) is 0. The average molecular weight is 192 g/mol. The summed E-state index contributed by atoms with van der Waals surface area (Å²) in [5.41, 5.74) is 13.8. The fourth-order valence-corrected chi connectivity index (χ4v) is 0.275. The summed E-state index contributed by atoms with van der Waals surface area (Å²) in [5, 5.41) is 22.1. The zero-order valence-corrected chi connectivity index (χ0v) is 6.73. The Morgan fingerprint density at radius 3 is 1.69 bits per heavy atom. The molecular formula is C5H12N4O4. The van der Waals surface area contributed by atoms with Gasteiger partial charge in [-0.3, -0.25) is 15.0 Å². The average Bonchev–Trinajstić information content (AvgIpc) is 1.83. The molecule has 0 spiro atoms. The highest BCUT2D eigenvalue weighted by atomic mass is 16.4. The van der Waals surface area contributed by atoms with Crippen molar-refractivity contribution in [3.05, 3.63) is 0 Å². The van der Waals surface area contributed by atoms with Crippen molar-refractivity contribution in [2.24, 2.45) is 17.2 Å². The van der Waals surface area contributed by atoms with Crippen molar-refractivity contribution < 1.29 is 19.8 Å². The van der Waals surface area contributed by atoms with Gasteiger partial charge in [0.25, 0.3) is 0 Å². The van der Waals surface area contributed by atoms with Crippen LogP contribution in [0.1, 0.15) is 6.42 Å². The van der Waals surface area contributed by atoms with E-state index in [2.05, 4.69) is 11.5 Å². The predicted molar refractivity (Wildman–Crippen MR) is 44.0 cm³/mol. The van der Waals surface area contributed by atoms with Gasteiger partial charge in [-0.05, 0) is 0 Å². The number of carboxylic acids is 2. The van der Waals surface area contributed by atoms with Crippen LogP contribution in [0.2, 0.25) is 0 Å². The third-order valence-corrected chi connectivity index (χ3v) is 0.712. The molecule has 0 aromatic carbocycles. The van der Waals surface area contributed by atoms with Crippen molar-refractivity contribution >= 4 is 17.9 Å². The highest BCUT2D eigenvalue weighted by Gasteiger charge is 2.14. The number of nitrogens with one attached hydrogen (secondary N) is 1. The smallest absolute Gasteiger partial charge is 0.321 e. The molecule has 8 heteroatoms. The van der Waals surface area contributed by atoms with Crippen LogP contribution < -0.4 is 17.2 Å². The molecule has 0 heterocycles. The van der Waals surface area contributed by atoms with Gasteiger partial charge in [-0.25, -0.2) is 0 Å². The molecule has 0 aromatic heterocycles. The number of carbonyl (C=O) groups is 2. The van der Waals surface area contributed by atoms with Crippen LogP contribution in [0.5, 0.6) is 0 Å². The summed E-state index contributed by atoms with van der Waals surface area (Å²) in [5.74, 6) is -2.83. The molecule has 1 atom stereocenters. The summed E-state index contributed by atoms with van der Waals surface area (Å²) < 4.78 is 0. The van der Waals surface area contributed by atoms with Gasteiger partial charge in [0, 0.05) is 0 Å². The summed E-state index contributed by atoms with van der Waals surface area (Å²) in [6, 6.07) is -1.29. The lowest BCUT2D eigenvalue weighted by Crippen LogP contribution is -2.32. The molecule has 1 unspecified atom stereocenters. The summed E-state index contributed by atoms with van der Waals surface area (Å²) >= 11 is 0. The molecular weight excluding hydrogens is 180 g/mol. The molecule has 0 saturated carbocycles. The normalized spacial score (nSPS) is 10.5. The summed E-state index contributed by atoms with van der Waals surface area (Å²) in [4.78, 5) is 19.6.